The van der Waals surface area contributed by atoms with E-state index >= 15 is 0 Å². The van der Waals surface area contributed by atoms with Gasteiger partial charge in [0.2, 0.25) is 12.7 Å². The van der Waals surface area contributed by atoms with Crippen molar-refractivity contribution in [2.24, 2.45) is 4.99 Å². The van der Waals surface area contributed by atoms with Gasteiger partial charge in [0.25, 0.3) is 0 Å². The minimum Gasteiger partial charge on any atom is -0.454 e. The van der Waals surface area contributed by atoms with E-state index in [0.29, 0.717) is 17.1 Å². The lowest BCUT2D eigenvalue weighted by atomic mass is 10.1. The van der Waals surface area contributed by atoms with Crippen LogP contribution in [0.5, 0.6) is 11.5 Å². The molecule has 0 fully saturated rings. The first kappa shape index (κ1) is 13.6. The summed E-state index contributed by atoms with van der Waals surface area (Å²) in [7, 11) is 0. The van der Waals surface area contributed by atoms with Gasteiger partial charge in [-0.05, 0) is 36.8 Å². The Labute approximate surface area is 132 Å². The predicted octanol–water partition coefficient (Wildman–Crippen LogP) is 3.07. The molecule has 2 heterocycles. The zero-order valence-corrected chi connectivity index (χ0v) is 12.4. The molecule has 2 aromatic rings. The lowest BCUT2D eigenvalue weighted by Gasteiger charge is -2.01. The number of nitrogens with zero attached hydrogens (tertiary/aromatic N) is 1. The Balaban J connectivity index is 1.66. The summed E-state index contributed by atoms with van der Waals surface area (Å²) in [6.45, 7) is 2.21. The molecule has 0 spiro atoms. The molecule has 5 nitrogen and oxygen atoms in total. The number of cyclic esters (lactones) is 1. The zero-order chi connectivity index (χ0) is 15.8. The van der Waals surface area contributed by atoms with E-state index in [1.807, 2.05) is 31.2 Å². The number of aliphatic imine (C=N–C) groups is 1. The standard InChI is InChI=1S/C18H13NO4/c1-11-2-4-12(5-3-11)8-14-18(20)23-17(19-14)13-6-7-15-16(9-13)22-10-21-15/h2-9H,10H2,1H3/b14-8-. The Morgan fingerprint density at radius 2 is 1.83 bits per heavy atom. The number of hydrogen-bond donors (Lipinski definition) is 0. The van der Waals surface area contributed by atoms with Gasteiger partial charge in [0.15, 0.2) is 17.2 Å². The third-order valence-electron chi connectivity index (χ3n) is 3.62. The molecule has 0 atom stereocenters. The van der Waals surface area contributed by atoms with Gasteiger partial charge in [-0.1, -0.05) is 29.8 Å². The van der Waals surface area contributed by atoms with Crippen molar-refractivity contribution in [3.63, 3.8) is 0 Å². The summed E-state index contributed by atoms with van der Waals surface area (Å²) >= 11 is 0. The maximum Gasteiger partial charge on any atom is 0.363 e. The smallest absolute Gasteiger partial charge is 0.363 e. The minimum atomic E-state index is -0.460. The van der Waals surface area contributed by atoms with Crippen LogP contribution in [0.4, 0.5) is 0 Å². The summed E-state index contributed by atoms with van der Waals surface area (Å²) in [5, 5.41) is 0. The van der Waals surface area contributed by atoms with Crippen LogP contribution in [0.1, 0.15) is 16.7 Å². The van der Waals surface area contributed by atoms with E-state index in [2.05, 4.69) is 4.99 Å². The van der Waals surface area contributed by atoms with Gasteiger partial charge in [0, 0.05) is 5.56 Å². The number of hydrogen-bond acceptors (Lipinski definition) is 5. The molecule has 114 valence electrons. The molecule has 0 N–H and O–H groups in total. The Morgan fingerprint density at radius 3 is 2.65 bits per heavy atom. The highest BCUT2D eigenvalue weighted by molar-refractivity contribution is 6.13. The Bertz CT molecular complexity index is 850. The number of benzene rings is 2. The number of ether oxygens (including phenoxy) is 3. The summed E-state index contributed by atoms with van der Waals surface area (Å²) in [6, 6.07) is 13.1. The van der Waals surface area contributed by atoms with Gasteiger partial charge in [0.1, 0.15) is 0 Å². The largest absolute Gasteiger partial charge is 0.454 e. The van der Waals surface area contributed by atoms with Crippen LogP contribution < -0.4 is 9.47 Å². The molecular weight excluding hydrogens is 294 g/mol. The highest BCUT2D eigenvalue weighted by Gasteiger charge is 2.25. The molecular formula is C18H13NO4. The number of carbonyl (C=O) groups excluding carboxylic acids is 1. The third-order valence-corrected chi connectivity index (χ3v) is 3.62. The zero-order valence-electron chi connectivity index (χ0n) is 12.4. The topological polar surface area (TPSA) is 57.1 Å². The molecule has 0 bridgehead atoms. The molecule has 0 saturated heterocycles. The first-order chi connectivity index (χ1) is 11.2. The molecule has 2 aliphatic rings. The number of rotatable bonds is 2. The van der Waals surface area contributed by atoms with Crippen molar-refractivity contribution in [2.75, 3.05) is 6.79 Å². The highest BCUT2D eigenvalue weighted by Crippen LogP contribution is 2.33. The number of aryl methyl sites for hydroxylation is 1. The van der Waals surface area contributed by atoms with Crippen molar-refractivity contribution in [3.05, 3.63) is 64.9 Å². The van der Waals surface area contributed by atoms with Crippen molar-refractivity contribution in [1.82, 2.24) is 0 Å². The average molecular weight is 307 g/mol. The minimum absolute atomic E-state index is 0.198. The second-order valence-electron chi connectivity index (χ2n) is 5.31. The van der Waals surface area contributed by atoms with Crippen molar-refractivity contribution in [1.29, 1.82) is 0 Å². The maximum atomic E-state index is 12.0. The first-order valence-electron chi connectivity index (χ1n) is 7.18. The van der Waals surface area contributed by atoms with Crippen LogP contribution >= 0.6 is 0 Å². The summed E-state index contributed by atoms with van der Waals surface area (Å²) < 4.78 is 15.9. The monoisotopic (exact) mass is 307 g/mol. The van der Waals surface area contributed by atoms with E-state index in [9.17, 15) is 4.79 Å². The number of fused-ring (bicyclic) bond motifs is 1. The Morgan fingerprint density at radius 1 is 1.04 bits per heavy atom. The van der Waals surface area contributed by atoms with E-state index in [0.717, 1.165) is 11.1 Å². The summed E-state index contributed by atoms with van der Waals surface area (Å²) in [5.74, 6) is 1.11. The lowest BCUT2D eigenvalue weighted by Crippen LogP contribution is -2.05. The Hall–Kier alpha value is -3.08. The van der Waals surface area contributed by atoms with Crippen LogP contribution in [0.25, 0.3) is 6.08 Å². The fourth-order valence-corrected chi connectivity index (χ4v) is 2.38. The van der Waals surface area contributed by atoms with Crippen molar-refractivity contribution in [3.8, 4) is 11.5 Å². The highest BCUT2D eigenvalue weighted by atomic mass is 16.7. The van der Waals surface area contributed by atoms with Crippen LogP contribution in [0.3, 0.4) is 0 Å². The van der Waals surface area contributed by atoms with Gasteiger partial charge in [0.05, 0.1) is 0 Å². The van der Waals surface area contributed by atoms with Crippen molar-refractivity contribution < 1.29 is 19.0 Å². The number of esters is 1. The van der Waals surface area contributed by atoms with Gasteiger partial charge >= 0.3 is 5.97 Å². The third kappa shape index (κ3) is 2.57. The van der Waals surface area contributed by atoms with Gasteiger partial charge in [-0.2, -0.15) is 0 Å². The van der Waals surface area contributed by atoms with Crippen LogP contribution in [0.15, 0.2) is 53.2 Å². The second kappa shape index (κ2) is 5.28. The molecule has 0 aromatic heterocycles. The van der Waals surface area contributed by atoms with Gasteiger partial charge < -0.3 is 14.2 Å². The average Bonchev–Trinajstić information content (AvgIpc) is 3.16. The van der Waals surface area contributed by atoms with Crippen LogP contribution in [-0.2, 0) is 9.53 Å². The quantitative estimate of drug-likeness (QED) is 0.632. The van der Waals surface area contributed by atoms with E-state index in [1.165, 1.54) is 0 Å². The Kier molecular flexibility index (Phi) is 3.12. The van der Waals surface area contributed by atoms with Crippen molar-refractivity contribution in [2.45, 2.75) is 6.92 Å². The fourth-order valence-electron chi connectivity index (χ4n) is 2.38. The van der Waals surface area contributed by atoms with Crippen LogP contribution in [0, 0.1) is 6.92 Å². The SMILES string of the molecule is Cc1ccc(/C=C2\N=C(c3ccc4c(c3)OCO4)OC2=O)cc1. The predicted molar refractivity (Wildman–Crippen MR) is 84.4 cm³/mol. The summed E-state index contributed by atoms with van der Waals surface area (Å²) in [5.41, 5.74) is 3.01. The molecule has 5 heteroatoms. The molecule has 0 aliphatic carbocycles. The van der Waals surface area contributed by atoms with Crippen molar-refractivity contribution >= 4 is 17.9 Å². The van der Waals surface area contributed by atoms with Crippen LogP contribution in [0.2, 0.25) is 0 Å². The molecule has 0 amide bonds. The molecule has 0 saturated carbocycles. The molecule has 4 rings (SSSR count). The van der Waals surface area contributed by atoms with Gasteiger partial charge in [-0.15, -0.1) is 0 Å². The summed E-state index contributed by atoms with van der Waals surface area (Å²) in [6.07, 6.45) is 1.71. The summed E-state index contributed by atoms with van der Waals surface area (Å²) in [4.78, 5) is 16.3. The molecule has 2 aromatic carbocycles. The van der Waals surface area contributed by atoms with Gasteiger partial charge in [-0.25, -0.2) is 9.79 Å². The van der Waals surface area contributed by atoms with E-state index in [1.54, 1.807) is 24.3 Å². The lowest BCUT2D eigenvalue weighted by molar-refractivity contribution is -0.129. The molecule has 2 aliphatic heterocycles. The van der Waals surface area contributed by atoms with Gasteiger partial charge in [-0.3, -0.25) is 0 Å². The van der Waals surface area contributed by atoms with E-state index in [-0.39, 0.29) is 18.4 Å². The molecule has 23 heavy (non-hydrogen) atoms. The molecule has 0 unspecified atom stereocenters. The maximum absolute atomic E-state index is 12.0. The fraction of sp³-hybridized carbons (Fsp3) is 0.111. The molecule has 0 radical (unpaired) electrons. The van der Waals surface area contributed by atoms with E-state index < -0.39 is 5.97 Å². The normalized spacial score (nSPS) is 17.3. The van der Waals surface area contributed by atoms with E-state index in [4.69, 9.17) is 14.2 Å². The first-order valence-corrected chi connectivity index (χ1v) is 7.18. The number of carbonyl (C=O) groups is 1. The van der Waals surface area contributed by atoms with Crippen LogP contribution in [-0.4, -0.2) is 18.7 Å². The second-order valence-corrected chi connectivity index (χ2v) is 5.31.